The van der Waals surface area contributed by atoms with Crippen molar-refractivity contribution in [2.24, 2.45) is 5.41 Å². The number of benzene rings is 1. The summed E-state index contributed by atoms with van der Waals surface area (Å²) in [5.41, 5.74) is 0.867. The molecule has 1 saturated heterocycles. The Bertz CT molecular complexity index is 516. The molecule has 0 aromatic heterocycles. The number of amides is 1. The van der Waals surface area contributed by atoms with Gasteiger partial charge in [-0.05, 0) is 42.5 Å². The highest BCUT2D eigenvalue weighted by molar-refractivity contribution is 5.95. The van der Waals surface area contributed by atoms with Crippen molar-refractivity contribution in [2.45, 2.75) is 19.8 Å². The maximum Gasteiger partial charge on any atom is 0.335 e. The Hall–Kier alpha value is -1.88. The van der Waals surface area contributed by atoms with Gasteiger partial charge >= 0.3 is 5.97 Å². The summed E-state index contributed by atoms with van der Waals surface area (Å²) in [5, 5.41) is 8.86. The van der Waals surface area contributed by atoms with Crippen LogP contribution in [-0.2, 0) is 4.74 Å². The van der Waals surface area contributed by atoms with Crippen LogP contribution in [0.3, 0.4) is 0 Å². The molecule has 1 N–H and O–H groups in total. The van der Waals surface area contributed by atoms with Crippen LogP contribution in [0.5, 0.6) is 0 Å². The van der Waals surface area contributed by atoms with E-state index >= 15 is 0 Å². The number of methoxy groups -OCH3 is 1. The Morgan fingerprint density at radius 3 is 2.19 bits per heavy atom. The minimum Gasteiger partial charge on any atom is -0.478 e. The Balaban J connectivity index is 2.00. The molecule has 0 atom stereocenters. The van der Waals surface area contributed by atoms with Gasteiger partial charge in [0.1, 0.15) is 0 Å². The summed E-state index contributed by atoms with van der Waals surface area (Å²) in [5.74, 6) is -1.02. The molecule has 1 aromatic rings. The van der Waals surface area contributed by atoms with Gasteiger partial charge in [-0.1, -0.05) is 6.92 Å². The fourth-order valence-corrected chi connectivity index (χ4v) is 2.68. The van der Waals surface area contributed by atoms with E-state index < -0.39 is 5.97 Å². The lowest BCUT2D eigenvalue weighted by Gasteiger charge is -2.39. The van der Waals surface area contributed by atoms with Gasteiger partial charge in [0.2, 0.25) is 0 Å². The molecule has 0 spiro atoms. The highest BCUT2D eigenvalue weighted by atomic mass is 16.5. The number of hydrogen-bond donors (Lipinski definition) is 1. The predicted octanol–water partition coefficient (Wildman–Crippen LogP) is 2.27. The van der Waals surface area contributed by atoms with Crippen LogP contribution in [-0.4, -0.2) is 48.7 Å². The first-order valence-corrected chi connectivity index (χ1v) is 7.07. The van der Waals surface area contributed by atoms with E-state index in [-0.39, 0.29) is 16.9 Å². The van der Waals surface area contributed by atoms with Gasteiger partial charge in [0.25, 0.3) is 5.91 Å². The molecule has 5 nitrogen and oxygen atoms in total. The van der Waals surface area contributed by atoms with Crippen molar-refractivity contribution in [3.63, 3.8) is 0 Å². The summed E-state index contributed by atoms with van der Waals surface area (Å²) in [4.78, 5) is 25.0. The Morgan fingerprint density at radius 1 is 1.19 bits per heavy atom. The smallest absolute Gasteiger partial charge is 0.335 e. The molecule has 0 bridgehead atoms. The number of carboxylic acid groups (broad SMARTS) is 1. The third kappa shape index (κ3) is 3.61. The Morgan fingerprint density at radius 2 is 1.71 bits per heavy atom. The average molecular weight is 291 g/mol. The van der Waals surface area contributed by atoms with Crippen molar-refractivity contribution >= 4 is 11.9 Å². The molecular formula is C16H21NO4. The number of carbonyl (C=O) groups excluding carboxylic acids is 1. The quantitative estimate of drug-likeness (QED) is 0.924. The third-order valence-electron chi connectivity index (χ3n) is 4.13. The zero-order chi connectivity index (χ0) is 15.5. The number of nitrogens with zero attached hydrogens (tertiary/aromatic N) is 1. The molecule has 0 radical (unpaired) electrons. The second-order valence-corrected chi connectivity index (χ2v) is 5.92. The maximum absolute atomic E-state index is 12.4. The van der Waals surface area contributed by atoms with Gasteiger partial charge in [-0.15, -0.1) is 0 Å². The zero-order valence-corrected chi connectivity index (χ0v) is 12.5. The summed E-state index contributed by atoms with van der Waals surface area (Å²) in [6.07, 6.45) is 1.83. The monoisotopic (exact) mass is 291 g/mol. The minimum absolute atomic E-state index is 0.0357. The molecule has 1 aromatic carbocycles. The first-order chi connectivity index (χ1) is 9.95. The molecule has 2 rings (SSSR count). The molecule has 1 heterocycles. The number of rotatable bonds is 4. The van der Waals surface area contributed by atoms with Crippen molar-refractivity contribution < 1.29 is 19.4 Å². The lowest BCUT2D eigenvalue weighted by molar-refractivity contribution is 0.0301. The van der Waals surface area contributed by atoms with Crippen LogP contribution >= 0.6 is 0 Å². The van der Waals surface area contributed by atoms with E-state index in [9.17, 15) is 9.59 Å². The number of likely N-dealkylation sites (tertiary alicyclic amines) is 1. The van der Waals surface area contributed by atoms with E-state index in [4.69, 9.17) is 9.84 Å². The van der Waals surface area contributed by atoms with E-state index in [1.807, 2.05) is 4.90 Å². The molecular weight excluding hydrogens is 270 g/mol. The van der Waals surface area contributed by atoms with E-state index in [1.165, 1.54) is 12.1 Å². The average Bonchev–Trinajstić information content (AvgIpc) is 2.47. The largest absolute Gasteiger partial charge is 0.478 e. The number of piperidine rings is 1. The first kappa shape index (κ1) is 15.5. The molecule has 0 unspecified atom stereocenters. The fraction of sp³-hybridized carbons (Fsp3) is 0.500. The van der Waals surface area contributed by atoms with E-state index in [0.717, 1.165) is 12.8 Å². The normalized spacial score (nSPS) is 17.5. The van der Waals surface area contributed by atoms with Crippen molar-refractivity contribution in [1.82, 2.24) is 4.90 Å². The van der Waals surface area contributed by atoms with Gasteiger partial charge in [-0.25, -0.2) is 4.79 Å². The number of hydrogen-bond acceptors (Lipinski definition) is 3. The Labute approximate surface area is 124 Å². The second-order valence-electron chi connectivity index (χ2n) is 5.92. The summed E-state index contributed by atoms with van der Waals surface area (Å²) in [7, 11) is 1.70. The summed E-state index contributed by atoms with van der Waals surface area (Å²) in [6.45, 7) is 4.31. The number of carboxylic acids is 1. The lowest BCUT2D eigenvalue weighted by Crippen LogP contribution is -2.43. The molecule has 1 aliphatic rings. The van der Waals surface area contributed by atoms with Crippen LogP contribution in [0.4, 0.5) is 0 Å². The van der Waals surface area contributed by atoms with Crippen LogP contribution < -0.4 is 0 Å². The summed E-state index contributed by atoms with van der Waals surface area (Å²) in [6, 6.07) is 6.09. The molecule has 0 aliphatic carbocycles. The maximum atomic E-state index is 12.4. The SMILES string of the molecule is COCC1(C)CCN(C(=O)c2ccc(C(=O)O)cc2)CC1. The highest BCUT2D eigenvalue weighted by Gasteiger charge is 2.32. The van der Waals surface area contributed by atoms with E-state index in [2.05, 4.69) is 6.92 Å². The van der Waals surface area contributed by atoms with Crippen molar-refractivity contribution in [2.75, 3.05) is 26.8 Å². The highest BCUT2D eigenvalue weighted by Crippen LogP contribution is 2.31. The van der Waals surface area contributed by atoms with Crippen LogP contribution in [0.25, 0.3) is 0 Å². The molecule has 0 saturated carbocycles. The third-order valence-corrected chi connectivity index (χ3v) is 4.13. The molecule has 1 aliphatic heterocycles. The van der Waals surface area contributed by atoms with Crippen LogP contribution in [0.1, 0.15) is 40.5 Å². The van der Waals surface area contributed by atoms with Gasteiger partial charge < -0.3 is 14.7 Å². The minimum atomic E-state index is -0.984. The van der Waals surface area contributed by atoms with Crippen LogP contribution in [0, 0.1) is 5.41 Å². The van der Waals surface area contributed by atoms with E-state index in [1.54, 1.807) is 19.2 Å². The van der Waals surface area contributed by atoms with Crippen molar-refractivity contribution in [1.29, 1.82) is 0 Å². The van der Waals surface area contributed by atoms with E-state index in [0.29, 0.717) is 25.3 Å². The topological polar surface area (TPSA) is 66.8 Å². The first-order valence-electron chi connectivity index (χ1n) is 7.07. The fourth-order valence-electron chi connectivity index (χ4n) is 2.68. The molecule has 114 valence electrons. The summed E-state index contributed by atoms with van der Waals surface area (Å²) < 4.78 is 5.24. The summed E-state index contributed by atoms with van der Waals surface area (Å²) >= 11 is 0. The number of aromatic carboxylic acids is 1. The molecule has 21 heavy (non-hydrogen) atoms. The lowest BCUT2D eigenvalue weighted by atomic mass is 9.81. The van der Waals surface area contributed by atoms with Crippen molar-refractivity contribution in [3.8, 4) is 0 Å². The van der Waals surface area contributed by atoms with Crippen molar-refractivity contribution in [3.05, 3.63) is 35.4 Å². The van der Waals surface area contributed by atoms with Gasteiger partial charge in [0.05, 0.1) is 12.2 Å². The Kier molecular flexibility index (Phi) is 4.63. The van der Waals surface area contributed by atoms with Gasteiger partial charge in [-0.2, -0.15) is 0 Å². The molecule has 5 heteroatoms. The predicted molar refractivity (Wildman–Crippen MR) is 78.5 cm³/mol. The molecule has 1 fully saturated rings. The van der Waals surface area contributed by atoms with Gasteiger partial charge in [0.15, 0.2) is 0 Å². The standard InChI is InChI=1S/C16H21NO4/c1-16(11-21-2)7-9-17(10-8-16)14(18)12-3-5-13(6-4-12)15(19)20/h3-6H,7-11H2,1-2H3,(H,19,20). The van der Waals surface area contributed by atoms with Crippen LogP contribution in [0.2, 0.25) is 0 Å². The molecule has 1 amide bonds. The van der Waals surface area contributed by atoms with Gasteiger partial charge in [0, 0.05) is 25.8 Å². The number of ether oxygens (including phenoxy) is 1. The van der Waals surface area contributed by atoms with Crippen LogP contribution in [0.15, 0.2) is 24.3 Å². The zero-order valence-electron chi connectivity index (χ0n) is 12.5. The number of carbonyl (C=O) groups is 2. The second kappa shape index (κ2) is 6.26. The van der Waals surface area contributed by atoms with Gasteiger partial charge in [-0.3, -0.25) is 4.79 Å².